The summed E-state index contributed by atoms with van der Waals surface area (Å²) >= 11 is 0. The number of ether oxygens (including phenoxy) is 2. The van der Waals surface area contributed by atoms with Crippen molar-refractivity contribution in [3.8, 4) is 5.75 Å². The molecule has 0 radical (unpaired) electrons. The Bertz CT molecular complexity index is 1330. The van der Waals surface area contributed by atoms with Crippen LogP contribution in [0.1, 0.15) is 44.4 Å². The highest BCUT2D eigenvalue weighted by Gasteiger charge is 2.41. The molecule has 0 spiro atoms. The summed E-state index contributed by atoms with van der Waals surface area (Å²) in [4.78, 5) is 37.7. The fourth-order valence-electron chi connectivity index (χ4n) is 3.86. The van der Waals surface area contributed by atoms with Crippen LogP contribution < -0.4 is 20.9 Å². The highest BCUT2D eigenvalue weighted by molar-refractivity contribution is 7.52. The van der Waals surface area contributed by atoms with Crippen LogP contribution in [0.4, 0.5) is 13.2 Å². The van der Waals surface area contributed by atoms with Gasteiger partial charge in [0.1, 0.15) is 35.8 Å². The second-order valence-corrected chi connectivity index (χ2v) is 10.9. The molecule has 1 aliphatic heterocycles. The van der Waals surface area contributed by atoms with Crippen molar-refractivity contribution >= 4 is 13.7 Å². The summed E-state index contributed by atoms with van der Waals surface area (Å²) in [5.41, 5.74) is -4.41. The van der Waals surface area contributed by atoms with Crippen LogP contribution in [0.2, 0.25) is 0 Å². The zero-order valence-corrected chi connectivity index (χ0v) is 21.5. The number of aliphatic hydroxyl groups excluding tert-OH is 1. The maximum Gasteiger partial charge on any atom is 0.459 e. The van der Waals surface area contributed by atoms with Gasteiger partial charge in [0, 0.05) is 12.6 Å². The molecule has 1 saturated heterocycles. The summed E-state index contributed by atoms with van der Waals surface area (Å²) in [7, 11) is -4.31. The standard InChI is InChI=1S/C23H27F3N3O9P/c1-13(21(32)36-14-8-5-9-14)28-39(34,38-15-6-3-2-4-7-15)35-12-18-17(30)10-19(37-18)29-11-16(23(24,25)26)20(31)27-22(29)33/h2-4,6-7,11,13-14,17-19,30H,5,8-10,12H2,1H3,(H,28,34)(H,27,31,33)/t13-,17-,18+,19+,39-/m0/s1. The minimum atomic E-state index is -5.04. The summed E-state index contributed by atoms with van der Waals surface area (Å²) in [6, 6.07) is 6.79. The first-order chi connectivity index (χ1) is 18.3. The number of H-pyrrole nitrogens is 1. The van der Waals surface area contributed by atoms with Gasteiger partial charge in [-0.05, 0) is 38.3 Å². The van der Waals surface area contributed by atoms with Gasteiger partial charge in [-0.25, -0.2) is 9.36 Å². The van der Waals surface area contributed by atoms with E-state index in [0.717, 1.165) is 19.3 Å². The van der Waals surface area contributed by atoms with Crippen molar-refractivity contribution in [1.82, 2.24) is 14.6 Å². The summed E-state index contributed by atoms with van der Waals surface area (Å²) in [6.45, 7) is 0.812. The summed E-state index contributed by atoms with van der Waals surface area (Å²) < 4.78 is 75.4. The molecule has 2 heterocycles. The van der Waals surface area contributed by atoms with Gasteiger partial charge in [0.2, 0.25) is 0 Å². The fraction of sp³-hybridized carbons (Fsp3) is 0.522. The highest BCUT2D eigenvalue weighted by atomic mass is 31.2. The van der Waals surface area contributed by atoms with Crippen LogP contribution in [-0.4, -0.2) is 51.6 Å². The van der Waals surface area contributed by atoms with E-state index in [0.29, 0.717) is 10.8 Å². The molecule has 12 nitrogen and oxygen atoms in total. The van der Waals surface area contributed by atoms with Crippen molar-refractivity contribution in [2.45, 2.75) is 69.4 Å². The average Bonchev–Trinajstić information content (AvgIpc) is 3.19. The number of alkyl halides is 3. The molecule has 2 aliphatic rings. The zero-order chi connectivity index (χ0) is 28.4. The van der Waals surface area contributed by atoms with Crippen LogP contribution in [0.25, 0.3) is 0 Å². The average molecular weight is 577 g/mol. The molecule has 2 fully saturated rings. The lowest BCUT2D eigenvalue weighted by molar-refractivity contribution is -0.154. The molecule has 0 unspecified atom stereocenters. The van der Waals surface area contributed by atoms with Crippen molar-refractivity contribution in [3.63, 3.8) is 0 Å². The van der Waals surface area contributed by atoms with E-state index in [1.54, 1.807) is 23.2 Å². The third-order valence-corrected chi connectivity index (χ3v) is 7.85. The first kappa shape index (κ1) is 29.0. The Kier molecular flexibility index (Phi) is 8.66. The predicted octanol–water partition coefficient (Wildman–Crippen LogP) is 2.48. The highest BCUT2D eigenvalue weighted by Crippen LogP contribution is 2.46. The van der Waals surface area contributed by atoms with E-state index in [1.165, 1.54) is 19.1 Å². The SMILES string of the molecule is C[C@H](N[P@](=O)(OC[C@H]1O[C@@H](n2cc(C(F)(F)F)c(=O)[nH]c2=O)C[C@@H]1O)Oc1ccccc1)C(=O)OC1CCC1. The quantitative estimate of drug-likeness (QED) is 0.283. The number of carbonyl (C=O) groups excluding carboxylic acids is 1. The molecule has 1 saturated carbocycles. The van der Waals surface area contributed by atoms with Crippen LogP contribution in [-0.2, 0) is 29.5 Å². The lowest BCUT2D eigenvalue weighted by Gasteiger charge is -2.28. The van der Waals surface area contributed by atoms with Gasteiger partial charge in [-0.1, -0.05) is 18.2 Å². The van der Waals surface area contributed by atoms with Gasteiger partial charge >= 0.3 is 25.6 Å². The molecule has 0 bridgehead atoms. The maximum absolute atomic E-state index is 13.6. The second kappa shape index (κ2) is 11.6. The minimum Gasteiger partial charge on any atom is -0.461 e. The van der Waals surface area contributed by atoms with Crippen LogP contribution in [0.15, 0.2) is 46.1 Å². The van der Waals surface area contributed by atoms with Gasteiger partial charge in [-0.3, -0.25) is 23.7 Å². The van der Waals surface area contributed by atoms with Crippen LogP contribution >= 0.6 is 7.75 Å². The number of rotatable bonds is 10. The predicted molar refractivity (Wildman–Crippen MR) is 128 cm³/mol. The van der Waals surface area contributed by atoms with E-state index in [-0.39, 0.29) is 18.3 Å². The Morgan fingerprint density at radius 1 is 1.28 bits per heavy atom. The van der Waals surface area contributed by atoms with E-state index < -0.39 is 67.8 Å². The number of aromatic nitrogens is 2. The largest absolute Gasteiger partial charge is 0.461 e. The third-order valence-electron chi connectivity index (χ3n) is 6.21. The van der Waals surface area contributed by atoms with Crippen LogP contribution in [0, 0.1) is 0 Å². The molecule has 39 heavy (non-hydrogen) atoms. The number of hydrogen-bond donors (Lipinski definition) is 3. The Morgan fingerprint density at radius 3 is 2.59 bits per heavy atom. The number of hydrogen-bond acceptors (Lipinski definition) is 9. The van der Waals surface area contributed by atoms with E-state index in [4.69, 9.17) is 18.5 Å². The molecule has 16 heteroatoms. The Balaban J connectivity index is 1.47. The van der Waals surface area contributed by atoms with Crippen molar-refractivity contribution in [2.24, 2.45) is 0 Å². The van der Waals surface area contributed by atoms with E-state index >= 15 is 0 Å². The molecular weight excluding hydrogens is 550 g/mol. The third kappa shape index (κ3) is 7.17. The second-order valence-electron chi connectivity index (χ2n) is 9.18. The van der Waals surface area contributed by atoms with E-state index in [9.17, 15) is 37.2 Å². The minimum absolute atomic E-state index is 0.137. The summed E-state index contributed by atoms with van der Waals surface area (Å²) in [6.07, 6.45) is -6.88. The molecular formula is C23H27F3N3O9P. The van der Waals surface area contributed by atoms with Gasteiger partial charge in [0.25, 0.3) is 5.56 Å². The normalized spacial score (nSPS) is 24.0. The fourth-order valence-corrected chi connectivity index (χ4v) is 5.37. The number of aliphatic hydroxyl groups is 1. The number of carbonyl (C=O) groups is 1. The van der Waals surface area contributed by atoms with Crippen molar-refractivity contribution in [1.29, 1.82) is 0 Å². The molecule has 1 aromatic carbocycles. The molecule has 0 amide bonds. The molecule has 3 N–H and O–H groups in total. The molecule has 5 atom stereocenters. The van der Waals surface area contributed by atoms with Crippen LogP contribution in [0.5, 0.6) is 5.75 Å². The lowest BCUT2D eigenvalue weighted by atomic mass is 9.96. The van der Waals surface area contributed by atoms with Gasteiger partial charge < -0.3 is 19.1 Å². The number of benzene rings is 1. The topological polar surface area (TPSA) is 158 Å². The number of esters is 1. The van der Waals surface area contributed by atoms with Gasteiger partial charge in [-0.2, -0.15) is 18.3 Å². The van der Waals surface area contributed by atoms with Crippen molar-refractivity contribution in [2.75, 3.05) is 6.61 Å². The number of nitrogens with zero attached hydrogens (tertiary/aromatic N) is 1. The smallest absolute Gasteiger partial charge is 0.459 e. The number of nitrogens with one attached hydrogen (secondary N) is 2. The van der Waals surface area contributed by atoms with Gasteiger partial charge in [0.05, 0.1) is 12.7 Å². The first-order valence-corrected chi connectivity index (χ1v) is 13.6. The molecule has 1 aliphatic carbocycles. The summed E-state index contributed by atoms with van der Waals surface area (Å²) in [5, 5.41) is 12.9. The Morgan fingerprint density at radius 2 is 1.97 bits per heavy atom. The number of para-hydroxylation sites is 1. The lowest BCUT2D eigenvalue weighted by Crippen LogP contribution is -2.39. The van der Waals surface area contributed by atoms with Crippen LogP contribution in [0.3, 0.4) is 0 Å². The van der Waals surface area contributed by atoms with E-state index in [2.05, 4.69) is 5.09 Å². The molecule has 4 rings (SSSR count). The summed E-state index contributed by atoms with van der Waals surface area (Å²) in [5.74, 6) is -0.534. The zero-order valence-electron chi connectivity index (χ0n) is 20.6. The van der Waals surface area contributed by atoms with E-state index in [1.807, 2.05) is 0 Å². The molecule has 1 aromatic heterocycles. The first-order valence-electron chi connectivity index (χ1n) is 12.1. The monoisotopic (exact) mass is 577 g/mol. The molecule has 2 aromatic rings. The Hall–Kier alpha value is -2.97. The van der Waals surface area contributed by atoms with Gasteiger partial charge in [-0.15, -0.1) is 0 Å². The van der Waals surface area contributed by atoms with Crippen molar-refractivity contribution < 1.29 is 46.2 Å². The van der Waals surface area contributed by atoms with Crippen molar-refractivity contribution in [3.05, 3.63) is 62.9 Å². The number of halogens is 3. The molecule has 214 valence electrons. The number of aromatic amines is 1. The maximum atomic E-state index is 13.6. The Labute approximate surface area is 219 Å². The van der Waals surface area contributed by atoms with Gasteiger partial charge in [0.15, 0.2) is 0 Å².